The largest absolute Gasteiger partial charge is 0.547 e. The molecule has 0 atom stereocenters. The van der Waals surface area contributed by atoms with Gasteiger partial charge in [0.2, 0.25) is 8.32 Å². The van der Waals surface area contributed by atoms with Gasteiger partial charge in [-0.15, -0.1) is 6.58 Å². The molecular weight excluding hydrogens is 180 g/mol. The molecule has 0 bridgehead atoms. The van der Waals surface area contributed by atoms with Crippen molar-refractivity contribution in [3.63, 3.8) is 0 Å². The van der Waals surface area contributed by atoms with E-state index in [1.54, 1.807) is 0 Å². The summed E-state index contributed by atoms with van der Waals surface area (Å²) < 4.78 is 5.70. The molecule has 0 amide bonds. The van der Waals surface area contributed by atoms with Gasteiger partial charge in [-0.05, 0) is 33.0 Å². The first-order valence-electron chi connectivity index (χ1n) is 4.36. The Bertz CT molecular complexity index is 229. The summed E-state index contributed by atoms with van der Waals surface area (Å²) in [6, 6.07) is 0.899. The normalized spacial score (nSPS) is 12.5. The Morgan fingerprint density at radius 3 is 2.38 bits per heavy atom. The summed E-state index contributed by atoms with van der Waals surface area (Å²) in [5.74, 6) is 0.743. The van der Waals surface area contributed by atoms with E-state index in [0.29, 0.717) is 5.76 Å². The molecule has 2 nitrogen and oxygen atoms in total. The SMILES string of the molecule is C=CC[Si](C)(C)O/C(C)=C\C(C)=O. The monoisotopic (exact) mass is 198 g/mol. The second-order valence-electron chi connectivity index (χ2n) is 3.72. The number of ketones is 1. The van der Waals surface area contributed by atoms with E-state index in [-0.39, 0.29) is 5.78 Å². The lowest BCUT2D eigenvalue weighted by Crippen LogP contribution is -2.28. The minimum absolute atomic E-state index is 0.0286. The Morgan fingerprint density at radius 2 is 2.00 bits per heavy atom. The molecular formula is C10H18O2Si. The van der Waals surface area contributed by atoms with Gasteiger partial charge >= 0.3 is 0 Å². The summed E-state index contributed by atoms with van der Waals surface area (Å²) in [6.07, 6.45) is 3.39. The highest BCUT2D eigenvalue weighted by atomic mass is 28.4. The maximum absolute atomic E-state index is 10.7. The second kappa shape index (κ2) is 5.02. The predicted molar refractivity (Wildman–Crippen MR) is 58.0 cm³/mol. The molecule has 0 spiro atoms. The van der Waals surface area contributed by atoms with E-state index in [1.807, 2.05) is 13.0 Å². The summed E-state index contributed by atoms with van der Waals surface area (Å²) in [4.78, 5) is 10.7. The van der Waals surface area contributed by atoms with Crippen molar-refractivity contribution in [1.29, 1.82) is 0 Å². The Hall–Kier alpha value is -0.833. The molecule has 0 radical (unpaired) electrons. The third kappa shape index (κ3) is 6.34. The van der Waals surface area contributed by atoms with Crippen molar-refractivity contribution < 1.29 is 9.22 Å². The Kier molecular flexibility index (Phi) is 4.70. The molecule has 0 aliphatic rings. The second-order valence-corrected chi connectivity index (χ2v) is 7.85. The maximum atomic E-state index is 10.7. The molecule has 0 aromatic rings. The Balaban J connectivity index is 4.25. The summed E-state index contributed by atoms with van der Waals surface area (Å²) in [6.45, 7) is 11.2. The van der Waals surface area contributed by atoms with E-state index >= 15 is 0 Å². The molecule has 0 aromatic carbocycles. The fourth-order valence-electron chi connectivity index (χ4n) is 1.14. The Labute approximate surface area is 81.4 Å². The van der Waals surface area contributed by atoms with Crippen LogP contribution in [0, 0.1) is 0 Å². The zero-order chi connectivity index (χ0) is 10.5. The van der Waals surface area contributed by atoms with Gasteiger partial charge in [0.25, 0.3) is 0 Å². The van der Waals surface area contributed by atoms with Crippen LogP contribution in [0.25, 0.3) is 0 Å². The van der Waals surface area contributed by atoms with E-state index in [9.17, 15) is 4.79 Å². The molecule has 0 heterocycles. The van der Waals surface area contributed by atoms with Crippen molar-refractivity contribution in [3.8, 4) is 0 Å². The average Bonchev–Trinajstić information content (AvgIpc) is 1.81. The van der Waals surface area contributed by atoms with Crippen LogP contribution in [0.2, 0.25) is 19.1 Å². The first-order valence-corrected chi connectivity index (χ1v) is 7.48. The number of allylic oxidation sites excluding steroid dienone is 3. The van der Waals surface area contributed by atoms with Gasteiger partial charge in [0.1, 0.15) is 0 Å². The molecule has 0 saturated carbocycles. The first-order chi connectivity index (χ1) is 5.87. The van der Waals surface area contributed by atoms with Crippen molar-refractivity contribution in [2.45, 2.75) is 33.0 Å². The smallest absolute Gasteiger partial charge is 0.248 e. The van der Waals surface area contributed by atoms with Crippen molar-refractivity contribution in [2.24, 2.45) is 0 Å². The van der Waals surface area contributed by atoms with Gasteiger partial charge in [-0.1, -0.05) is 6.08 Å². The van der Waals surface area contributed by atoms with Crippen molar-refractivity contribution in [2.75, 3.05) is 0 Å². The van der Waals surface area contributed by atoms with Gasteiger partial charge in [0, 0.05) is 6.08 Å². The molecule has 0 saturated heterocycles. The van der Waals surface area contributed by atoms with Crippen LogP contribution in [0.5, 0.6) is 0 Å². The van der Waals surface area contributed by atoms with Crippen molar-refractivity contribution >= 4 is 14.1 Å². The first kappa shape index (κ1) is 12.2. The fraction of sp³-hybridized carbons (Fsp3) is 0.500. The van der Waals surface area contributed by atoms with Gasteiger partial charge in [-0.2, -0.15) is 0 Å². The van der Waals surface area contributed by atoms with Crippen molar-refractivity contribution in [3.05, 3.63) is 24.5 Å². The molecule has 0 unspecified atom stereocenters. The molecule has 3 heteroatoms. The van der Waals surface area contributed by atoms with E-state index in [0.717, 1.165) is 6.04 Å². The van der Waals surface area contributed by atoms with Crippen LogP contribution in [0.1, 0.15) is 13.8 Å². The van der Waals surface area contributed by atoms with Crippen LogP contribution in [0.3, 0.4) is 0 Å². The van der Waals surface area contributed by atoms with Crippen LogP contribution in [0.4, 0.5) is 0 Å². The van der Waals surface area contributed by atoms with Gasteiger partial charge in [-0.3, -0.25) is 4.79 Å². The number of hydrogen-bond donors (Lipinski definition) is 0. The third-order valence-electron chi connectivity index (χ3n) is 1.48. The van der Waals surface area contributed by atoms with Crippen LogP contribution < -0.4 is 0 Å². The number of carbonyl (C=O) groups is 1. The lowest BCUT2D eigenvalue weighted by molar-refractivity contribution is -0.112. The topological polar surface area (TPSA) is 26.3 Å². The predicted octanol–water partition coefficient (Wildman–Crippen LogP) is 2.89. The molecule has 0 N–H and O–H groups in total. The molecule has 0 fully saturated rings. The van der Waals surface area contributed by atoms with Crippen LogP contribution in [-0.2, 0) is 9.22 Å². The van der Waals surface area contributed by atoms with Crippen LogP contribution in [0.15, 0.2) is 24.5 Å². The van der Waals surface area contributed by atoms with Gasteiger partial charge < -0.3 is 4.43 Å². The lowest BCUT2D eigenvalue weighted by Gasteiger charge is -2.22. The highest BCUT2D eigenvalue weighted by molar-refractivity contribution is 6.71. The number of carbonyl (C=O) groups excluding carboxylic acids is 1. The van der Waals surface area contributed by atoms with Crippen molar-refractivity contribution in [1.82, 2.24) is 0 Å². The number of rotatable bonds is 5. The molecule has 74 valence electrons. The molecule has 0 aliphatic carbocycles. The molecule has 0 aromatic heterocycles. The zero-order valence-corrected chi connectivity index (χ0v) is 9.89. The lowest BCUT2D eigenvalue weighted by atomic mass is 10.4. The van der Waals surface area contributed by atoms with Gasteiger partial charge in [0.05, 0.1) is 5.76 Å². The van der Waals surface area contributed by atoms with E-state index in [4.69, 9.17) is 4.43 Å². The minimum Gasteiger partial charge on any atom is -0.547 e. The van der Waals surface area contributed by atoms with E-state index < -0.39 is 8.32 Å². The molecule has 13 heavy (non-hydrogen) atoms. The summed E-state index contributed by atoms with van der Waals surface area (Å²) in [5.41, 5.74) is 0. The van der Waals surface area contributed by atoms with Crippen LogP contribution in [-0.4, -0.2) is 14.1 Å². The highest BCUT2D eigenvalue weighted by Crippen LogP contribution is 2.15. The minimum atomic E-state index is -1.67. The van der Waals surface area contributed by atoms with Crippen LogP contribution >= 0.6 is 0 Å². The van der Waals surface area contributed by atoms with Gasteiger partial charge in [0.15, 0.2) is 5.78 Å². The standard InChI is InChI=1S/C10H18O2Si/c1-6-7-13(4,5)12-10(3)8-9(2)11/h6,8H,1,7H2,2-5H3/b10-8-. The third-order valence-corrected chi connectivity index (χ3v) is 3.63. The zero-order valence-electron chi connectivity index (χ0n) is 8.89. The fourth-order valence-corrected chi connectivity index (χ4v) is 2.85. The summed E-state index contributed by atoms with van der Waals surface area (Å²) in [5, 5.41) is 0. The number of hydrogen-bond acceptors (Lipinski definition) is 2. The summed E-state index contributed by atoms with van der Waals surface area (Å²) in [7, 11) is -1.67. The average molecular weight is 198 g/mol. The van der Waals surface area contributed by atoms with E-state index in [1.165, 1.54) is 13.0 Å². The quantitative estimate of drug-likeness (QED) is 0.294. The van der Waals surface area contributed by atoms with Gasteiger partial charge in [-0.25, -0.2) is 0 Å². The molecule has 0 rings (SSSR count). The van der Waals surface area contributed by atoms with E-state index in [2.05, 4.69) is 19.7 Å². The highest BCUT2D eigenvalue weighted by Gasteiger charge is 2.22. The maximum Gasteiger partial charge on any atom is 0.248 e. The Morgan fingerprint density at radius 1 is 1.46 bits per heavy atom. The summed E-state index contributed by atoms with van der Waals surface area (Å²) >= 11 is 0. The molecule has 0 aliphatic heterocycles.